The van der Waals surface area contributed by atoms with E-state index in [2.05, 4.69) is 14.9 Å². The second-order valence-corrected chi connectivity index (χ2v) is 4.65. The molecular weight excluding hydrogens is 240 g/mol. The van der Waals surface area contributed by atoms with Gasteiger partial charge in [0.1, 0.15) is 4.90 Å². The van der Waals surface area contributed by atoms with Crippen molar-refractivity contribution < 1.29 is 8.42 Å². The Hall–Kier alpha value is -0.630. The Morgan fingerprint density at radius 3 is 2.47 bits per heavy atom. The van der Waals surface area contributed by atoms with Crippen molar-refractivity contribution in [2.24, 2.45) is 5.73 Å². The van der Waals surface area contributed by atoms with Crippen LogP contribution in [0.2, 0.25) is 0 Å². The number of halogens is 1. The van der Waals surface area contributed by atoms with Crippen molar-refractivity contribution in [1.82, 2.24) is 14.9 Å². The van der Waals surface area contributed by atoms with Crippen molar-refractivity contribution in [3.05, 3.63) is 11.4 Å². The Bertz CT molecular complexity index is 395. The summed E-state index contributed by atoms with van der Waals surface area (Å²) in [7, 11) is -3.46. The maximum atomic E-state index is 11.7. The number of H-pyrrole nitrogens is 1. The van der Waals surface area contributed by atoms with Gasteiger partial charge in [-0.2, -0.15) is 5.10 Å². The first-order chi connectivity index (χ1) is 6.49. The quantitative estimate of drug-likeness (QED) is 0.686. The zero-order valence-corrected chi connectivity index (χ0v) is 10.2. The lowest BCUT2D eigenvalue weighted by Gasteiger charge is -2.04. The fourth-order valence-corrected chi connectivity index (χ4v) is 2.62. The topological polar surface area (TPSA) is 101 Å². The van der Waals surface area contributed by atoms with E-state index >= 15 is 0 Å². The van der Waals surface area contributed by atoms with E-state index in [4.69, 9.17) is 5.73 Å². The van der Waals surface area contributed by atoms with Crippen molar-refractivity contribution in [1.29, 1.82) is 0 Å². The van der Waals surface area contributed by atoms with Gasteiger partial charge in [-0.1, -0.05) is 0 Å². The minimum Gasteiger partial charge on any atom is -0.329 e. The number of hydrogen-bond acceptors (Lipinski definition) is 4. The lowest BCUT2D eigenvalue weighted by molar-refractivity contribution is 0.581. The van der Waals surface area contributed by atoms with Crippen LogP contribution in [0.1, 0.15) is 11.4 Å². The molecule has 0 fully saturated rings. The second kappa shape index (κ2) is 5.45. The molecule has 8 heteroatoms. The van der Waals surface area contributed by atoms with Gasteiger partial charge >= 0.3 is 0 Å². The van der Waals surface area contributed by atoms with Crippen LogP contribution in [0.4, 0.5) is 0 Å². The molecule has 1 aromatic rings. The molecule has 0 aliphatic heterocycles. The average molecular weight is 255 g/mol. The monoisotopic (exact) mass is 254 g/mol. The largest absolute Gasteiger partial charge is 0.329 e. The minimum atomic E-state index is -3.46. The number of aryl methyl sites for hydroxylation is 2. The Morgan fingerprint density at radius 1 is 1.47 bits per heavy atom. The van der Waals surface area contributed by atoms with Crippen molar-refractivity contribution in [2.45, 2.75) is 18.7 Å². The molecule has 0 spiro atoms. The molecule has 4 N–H and O–H groups in total. The van der Waals surface area contributed by atoms with Gasteiger partial charge in [0.2, 0.25) is 10.0 Å². The molecule has 0 amide bonds. The van der Waals surface area contributed by atoms with E-state index in [1.807, 2.05) is 0 Å². The third kappa shape index (κ3) is 3.16. The summed E-state index contributed by atoms with van der Waals surface area (Å²) in [4.78, 5) is 0.214. The minimum absolute atomic E-state index is 0. The molecule has 1 aromatic heterocycles. The van der Waals surface area contributed by atoms with E-state index in [1.165, 1.54) is 0 Å². The summed E-state index contributed by atoms with van der Waals surface area (Å²) in [6, 6.07) is 0. The van der Waals surface area contributed by atoms with Crippen LogP contribution in [0.15, 0.2) is 4.90 Å². The Labute approximate surface area is 95.1 Å². The van der Waals surface area contributed by atoms with E-state index in [1.54, 1.807) is 13.8 Å². The summed E-state index contributed by atoms with van der Waals surface area (Å²) in [5, 5.41) is 6.43. The molecule has 0 atom stereocenters. The molecule has 0 aliphatic rings. The van der Waals surface area contributed by atoms with Crippen LogP contribution in [0.3, 0.4) is 0 Å². The van der Waals surface area contributed by atoms with Crippen molar-refractivity contribution >= 4 is 22.4 Å². The fourth-order valence-electron chi connectivity index (χ4n) is 1.20. The third-order valence-electron chi connectivity index (χ3n) is 1.77. The molecule has 15 heavy (non-hydrogen) atoms. The molecule has 0 aliphatic carbocycles. The van der Waals surface area contributed by atoms with Gasteiger partial charge in [-0.3, -0.25) is 5.10 Å². The summed E-state index contributed by atoms with van der Waals surface area (Å²) < 4.78 is 25.7. The number of nitrogens with one attached hydrogen (secondary N) is 2. The molecule has 0 unspecified atom stereocenters. The Balaban J connectivity index is 0.00000196. The van der Waals surface area contributed by atoms with Gasteiger partial charge < -0.3 is 5.73 Å². The van der Waals surface area contributed by atoms with Crippen molar-refractivity contribution in [3.8, 4) is 0 Å². The van der Waals surface area contributed by atoms with Crippen molar-refractivity contribution in [2.75, 3.05) is 13.1 Å². The van der Waals surface area contributed by atoms with Crippen LogP contribution in [-0.2, 0) is 10.0 Å². The first-order valence-electron chi connectivity index (χ1n) is 4.20. The normalized spacial score (nSPS) is 11.1. The van der Waals surface area contributed by atoms with Crippen LogP contribution in [0.25, 0.3) is 0 Å². The number of nitrogens with zero attached hydrogens (tertiary/aromatic N) is 1. The van der Waals surface area contributed by atoms with Crippen LogP contribution in [0.5, 0.6) is 0 Å². The highest BCUT2D eigenvalue weighted by atomic mass is 35.5. The van der Waals surface area contributed by atoms with E-state index in [-0.39, 0.29) is 30.4 Å². The first-order valence-corrected chi connectivity index (χ1v) is 5.68. The Morgan fingerprint density at radius 2 is 2.07 bits per heavy atom. The lowest BCUT2D eigenvalue weighted by Crippen LogP contribution is -2.29. The molecule has 1 rings (SSSR count). The number of hydrogen-bond donors (Lipinski definition) is 3. The zero-order valence-electron chi connectivity index (χ0n) is 8.57. The summed E-state index contributed by atoms with van der Waals surface area (Å²) in [5.41, 5.74) is 6.21. The average Bonchev–Trinajstić information content (AvgIpc) is 2.43. The molecular formula is C7H15ClN4O2S. The first kappa shape index (κ1) is 14.4. The molecule has 1 heterocycles. The zero-order chi connectivity index (χ0) is 10.8. The highest BCUT2D eigenvalue weighted by molar-refractivity contribution is 7.89. The van der Waals surface area contributed by atoms with E-state index in [0.717, 1.165) is 0 Å². The fraction of sp³-hybridized carbons (Fsp3) is 0.571. The molecule has 6 nitrogen and oxygen atoms in total. The predicted molar refractivity (Wildman–Crippen MR) is 59.6 cm³/mol. The molecule has 0 radical (unpaired) electrons. The molecule has 0 saturated heterocycles. The van der Waals surface area contributed by atoms with Gasteiger partial charge in [0, 0.05) is 13.1 Å². The molecule has 88 valence electrons. The van der Waals surface area contributed by atoms with Crippen molar-refractivity contribution in [3.63, 3.8) is 0 Å². The van der Waals surface area contributed by atoms with E-state index in [9.17, 15) is 8.42 Å². The number of aromatic amines is 1. The van der Waals surface area contributed by atoms with Gasteiger partial charge in [0.05, 0.1) is 11.4 Å². The van der Waals surface area contributed by atoms with Gasteiger partial charge in [-0.25, -0.2) is 13.1 Å². The molecule has 0 aromatic carbocycles. The standard InChI is InChI=1S/C7H14N4O2S.ClH/c1-5-7(6(2)11-10-5)14(12,13)9-4-3-8;/h9H,3-4,8H2,1-2H3,(H,10,11);1H. The number of rotatable bonds is 4. The Kier molecular flexibility index (Phi) is 5.22. The predicted octanol–water partition coefficient (Wildman–Crippen LogP) is -0.315. The number of sulfonamides is 1. The number of aromatic nitrogens is 2. The third-order valence-corrected chi connectivity index (χ3v) is 3.49. The van der Waals surface area contributed by atoms with Crippen LogP contribution >= 0.6 is 12.4 Å². The summed E-state index contributed by atoms with van der Waals surface area (Å²) in [6.07, 6.45) is 0. The van der Waals surface area contributed by atoms with Gasteiger partial charge in [0.25, 0.3) is 0 Å². The summed E-state index contributed by atoms with van der Waals surface area (Å²) in [5.74, 6) is 0. The summed E-state index contributed by atoms with van der Waals surface area (Å²) >= 11 is 0. The van der Waals surface area contributed by atoms with Crippen LogP contribution in [-0.4, -0.2) is 31.7 Å². The van der Waals surface area contributed by atoms with E-state index in [0.29, 0.717) is 11.4 Å². The van der Waals surface area contributed by atoms with Gasteiger partial charge in [-0.05, 0) is 13.8 Å². The second-order valence-electron chi connectivity index (χ2n) is 2.95. The molecule has 0 bridgehead atoms. The molecule has 0 saturated carbocycles. The van der Waals surface area contributed by atoms with E-state index < -0.39 is 10.0 Å². The number of nitrogens with two attached hydrogens (primary N) is 1. The SMILES string of the molecule is Cc1n[nH]c(C)c1S(=O)(=O)NCCN.Cl. The maximum absolute atomic E-state index is 11.7. The smallest absolute Gasteiger partial charge is 0.244 e. The van der Waals surface area contributed by atoms with Crippen LogP contribution in [0, 0.1) is 13.8 Å². The highest BCUT2D eigenvalue weighted by Crippen LogP contribution is 2.15. The summed E-state index contributed by atoms with van der Waals surface area (Å²) in [6.45, 7) is 3.80. The van der Waals surface area contributed by atoms with Gasteiger partial charge in [-0.15, -0.1) is 12.4 Å². The van der Waals surface area contributed by atoms with Gasteiger partial charge in [0.15, 0.2) is 0 Å². The highest BCUT2D eigenvalue weighted by Gasteiger charge is 2.20. The lowest BCUT2D eigenvalue weighted by atomic mass is 10.4. The maximum Gasteiger partial charge on any atom is 0.244 e. The van der Waals surface area contributed by atoms with Crippen LogP contribution < -0.4 is 10.5 Å².